The molecular weight excluding hydrogens is 495 g/mol. The number of amides is 1. The van der Waals surface area contributed by atoms with Crippen LogP contribution in [0.2, 0.25) is 0 Å². The second-order valence-corrected chi connectivity index (χ2v) is 7.75. The Balaban J connectivity index is 0.00000450. The normalized spacial score (nSPS) is 19.0. The number of aliphatic imine (C=N–C) groups is 1. The smallest absolute Gasteiger partial charge is 0.257 e. The topological polar surface area (TPSA) is 75.2 Å². The molecule has 30 heavy (non-hydrogen) atoms. The lowest BCUT2D eigenvalue weighted by Gasteiger charge is -2.37. The number of benzene rings is 1. The summed E-state index contributed by atoms with van der Waals surface area (Å²) in [6.07, 6.45) is 1.27. The molecule has 170 valence electrons. The summed E-state index contributed by atoms with van der Waals surface area (Å²) in [6.45, 7) is 12.6. The van der Waals surface area contributed by atoms with E-state index in [2.05, 4.69) is 36.3 Å². The van der Waals surface area contributed by atoms with E-state index >= 15 is 0 Å². The van der Waals surface area contributed by atoms with Crippen molar-refractivity contribution in [2.24, 2.45) is 16.8 Å². The Bertz CT molecular complexity index is 689. The summed E-state index contributed by atoms with van der Waals surface area (Å²) in [5, 5.41) is 6.14. The lowest BCUT2D eigenvalue weighted by atomic mass is 9.92. The monoisotopic (exact) mass is 532 g/mol. The molecule has 0 aromatic heterocycles. The molecule has 2 rings (SSSR count). The van der Waals surface area contributed by atoms with Gasteiger partial charge in [-0.2, -0.15) is 0 Å². The number of hydrogen-bond acceptors (Lipinski definition) is 4. The minimum absolute atomic E-state index is 0. The fourth-order valence-corrected chi connectivity index (χ4v) is 3.75. The lowest BCUT2D eigenvalue weighted by molar-refractivity contribution is -0.123. The second kappa shape index (κ2) is 13.6. The van der Waals surface area contributed by atoms with Crippen molar-refractivity contribution in [2.75, 3.05) is 39.9 Å². The number of nitrogens with zero attached hydrogens (tertiary/aromatic N) is 2. The average Bonchev–Trinajstić information content (AvgIpc) is 2.69. The van der Waals surface area contributed by atoms with Crippen LogP contribution in [0, 0.1) is 11.8 Å². The quantitative estimate of drug-likeness (QED) is 0.306. The van der Waals surface area contributed by atoms with Crippen molar-refractivity contribution in [2.45, 2.75) is 40.7 Å². The van der Waals surface area contributed by atoms with Crippen LogP contribution in [0.25, 0.3) is 0 Å². The fraction of sp³-hybridized carbons (Fsp3) is 0.636. The third-order valence-corrected chi connectivity index (χ3v) is 4.88. The van der Waals surface area contributed by atoms with Crippen LogP contribution in [0.5, 0.6) is 11.5 Å². The first kappa shape index (κ1) is 26.3. The maximum Gasteiger partial charge on any atom is 0.257 e. The van der Waals surface area contributed by atoms with E-state index in [-0.39, 0.29) is 36.5 Å². The number of hydrogen-bond donors (Lipinski definition) is 2. The third kappa shape index (κ3) is 8.20. The Morgan fingerprint density at radius 3 is 2.40 bits per heavy atom. The molecular formula is C22H37IN4O3. The first-order valence-electron chi connectivity index (χ1n) is 10.6. The van der Waals surface area contributed by atoms with E-state index in [1.54, 1.807) is 7.11 Å². The maximum atomic E-state index is 11.6. The molecule has 2 N–H and O–H groups in total. The highest BCUT2D eigenvalue weighted by molar-refractivity contribution is 14.0. The minimum Gasteiger partial charge on any atom is -0.493 e. The molecule has 0 bridgehead atoms. The zero-order chi connectivity index (χ0) is 21.2. The van der Waals surface area contributed by atoms with Gasteiger partial charge in [0.1, 0.15) is 0 Å². The highest BCUT2D eigenvalue weighted by atomic mass is 127. The van der Waals surface area contributed by atoms with Crippen molar-refractivity contribution in [3.8, 4) is 11.5 Å². The van der Waals surface area contributed by atoms with Gasteiger partial charge >= 0.3 is 0 Å². The van der Waals surface area contributed by atoms with Gasteiger partial charge in [-0.05, 0) is 49.8 Å². The van der Waals surface area contributed by atoms with Crippen LogP contribution in [-0.2, 0) is 11.3 Å². The molecule has 8 heteroatoms. The Hall–Kier alpha value is -1.71. The Morgan fingerprint density at radius 2 is 1.80 bits per heavy atom. The number of methoxy groups -OCH3 is 1. The van der Waals surface area contributed by atoms with E-state index in [1.807, 2.05) is 25.1 Å². The first-order valence-corrected chi connectivity index (χ1v) is 10.6. The van der Waals surface area contributed by atoms with Crippen LogP contribution >= 0.6 is 24.0 Å². The third-order valence-electron chi connectivity index (χ3n) is 4.88. The van der Waals surface area contributed by atoms with Crippen LogP contribution in [0.15, 0.2) is 23.2 Å². The van der Waals surface area contributed by atoms with E-state index < -0.39 is 0 Å². The summed E-state index contributed by atoms with van der Waals surface area (Å²) >= 11 is 0. The van der Waals surface area contributed by atoms with Gasteiger partial charge in [-0.1, -0.05) is 19.9 Å². The summed E-state index contributed by atoms with van der Waals surface area (Å²) < 4.78 is 11.0. The lowest BCUT2D eigenvalue weighted by Crippen LogP contribution is -2.48. The molecule has 1 aliphatic heterocycles. The van der Waals surface area contributed by atoms with Crippen LogP contribution in [0.3, 0.4) is 0 Å². The molecule has 0 radical (unpaired) electrons. The van der Waals surface area contributed by atoms with Gasteiger partial charge < -0.3 is 25.0 Å². The largest absolute Gasteiger partial charge is 0.493 e. The SMILES string of the molecule is CCNC(=O)COc1ccc(CN=C(NCC)N2CC(C)CC(C)C2)cc1OC.I. The number of rotatable bonds is 8. The Morgan fingerprint density at radius 1 is 1.13 bits per heavy atom. The molecule has 7 nitrogen and oxygen atoms in total. The standard InChI is InChI=1S/C22H36N4O3.HI/c1-6-23-21(27)15-29-19-9-8-18(11-20(19)28-5)12-25-22(24-7-2)26-13-16(3)10-17(4)14-26;/h8-9,11,16-17H,6-7,10,12-15H2,1-5H3,(H,23,27)(H,24,25);1H. The van der Waals surface area contributed by atoms with Crippen molar-refractivity contribution in [1.82, 2.24) is 15.5 Å². The number of piperidine rings is 1. The fourth-order valence-electron chi connectivity index (χ4n) is 3.75. The van der Waals surface area contributed by atoms with Gasteiger partial charge in [0.2, 0.25) is 0 Å². The predicted octanol–water partition coefficient (Wildman–Crippen LogP) is 3.27. The van der Waals surface area contributed by atoms with E-state index in [9.17, 15) is 4.79 Å². The molecule has 2 unspecified atom stereocenters. The highest BCUT2D eigenvalue weighted by Gasteiger charge is 2.24. The molecule has 0 aliphatic carbocycles. The van der Waals surface area contributed by atoms with Crippen LogP contribution < -0.4 is 20.1 Å². The van der Waals surface area contributed by atoms with Gasteiger partial charge in [-0.3, -0.25) is 4.79 Å². The van der Waals surface area contributed by atoms with E-state index in [0.29, 0.717) is 36.4 Å². The van der Waals surface area contributed by atoms with Crippen LogP contribution in [0.1, 0.15) is 39.7 Å². The van der Waals surface area contributed by atoms with E-state index in [1.165, 1.54) is 6.42 Å². The summed E-state index contributed by atoms with van der Waals surface area (Å²) in [6, 6.07) is 5.71. The van der Waals surface area contributed by atoms with Gasteiger partial charge in [0.15, 0.2) is 24.1 Å². The molecule has 1 aromatic carbocycles. The zero-order valence-electron chi connectivity index (χ0n) is 18.9. The predicted molar refractivity (Wildman–Crippen MR) is 132 cm³/mol. The maximum absolute atomic E-state index is 11.6. The number of halogens is 1. The van der Waals surface area contributed by atoms with Crippen molar-refractivity contribution in [3.05, 3.63) is 23.8 Å². The van der Waals surface area contributed by atoms with Gasteiger partial charge in [-0.25, -0.2) is 4.99 Å². The average molecular weight is 532 g/mol. The van der Waals surface area contributed by atoms with Gasteiger partial charge in [-0.15, -0.1) is 24.0 Å². The number of nitrogens with one attached hydrogen (secondary N) is 2. The van der Waals surface area contributed by atoms with Gasteiger partial charge in [0.05, 0.1) is 13.7 Å². The molecule has 1 heterocycles. The van der Waals surface area contributed by atoms with Crippen molar-refractivity contribution in [3.63, 3.8) is 0 Å². The molecule has 1 aromatic rings. The molecule has 1 fully saturated rings. The molecule has 0 saturated carbocycles. The molecule has 1 saturated heterocycles. The van der Waals surface area contributed by atoms with Gasteiger partial charge in [0.25, 0.3) is 5.91 Å². The Kier molecular flexibility index (Phi) is 11.9. The van der Waals surface area contributed by atoms with Crippen molar-refractivity contribution >= 4 is 35.8 Å². The number of likely N-dealkylation sites (N-methyl/N-ethyl adjacent to an activating group) is 1. The second-order valence-electron chi connectivity index (χ2n) is 7.75. The summed E-state index contributed by atoms with van der Waals surface area (Å²) in [7, 11) is 1.60. The molecule has 0 spiro atoms. The Labute approximate surface area is 198 Å². The molecule has 1 aliphatic rings. The summed E-state index contributed by atoms with van der Waals surface area (Å²) in [5.74, 6) is 3.31. The van der Waals surface area contributed by atoms with Gasteiger partial charge in [0, 0.05) is 26.2 Å². The van der Waals surface area contributed by atoms with Crippen LogP contribution in [0.4, 0.5) is 0 Å². The van der Waals surface area contributed by atoms with Crippen LogP contribution in [-0.4, -0.2) is 56.7 Å². The summed E-state index contributed by atoms with van der Waals surface area (Å²) in [4.78, 5) is 18.8. The number of carbonyl (C=O) groups excluding carboxylic acids is 1. The first-order chi connectivity index (χ1) is 14.0. The summed E-state index contributed by atoms with van der Waals surface area (Å²) in [5.41, 5.74) is 1.03. The number of ether oxygens (including phenoxy) is 2. The highest BCUT2D eigenvalue weighted by Crippen LogP contribution is 2.28. The zero-order valence-corrected chi connectivity index (χ0v) is 21.2. The molecule has 2 atom stereocenters. The number of likely N-dealkylation sites (tertiary alicyclic amines) is 1. The van der Waals surface area contributed by atoms with E-state index in [0.717, 1.165) is 31.2 Å². The molecule has 1 amide bonds. The minimum atomic E-state index is -0.150. The van der Waals surface area contributed by atoms with E-state index in [4.69, 9.17) is 14.5 Å². The number of guanidine groups is 1. The number of carbonyl (C=O) groups is 1. The van der Waals surface area contributed by atoms with Crippen molar-refractivity contribution < 1.29 is 14.3 Å². The van der Waals surface area contributed by atoms with Crippen molar-refractivity contribution in [1.29, 1.82) is 0 Å².